The van der Waals surface area contributed by atoms with Crippen LogP contribution in [0.15, 0.2) is 36.5 Å². The second-order valence-electron chi connectivity index (χ2n) is 12.8. The topological polar surface area (TPSA) is 117 Å². The Morgan fingerprint density at radius 3 is 1.73 bits per heavy atom. The number of esters is 1. The van der Waals surface area contributed by atoms with E-state index in [-0.39, 0.29) is 32.3 Å². The third-order valence-corrected chi connectivity index (χ3v) is 8.99. The van der Waals surface area contributed by atoms with Crippen LogP contribution in [0, 0.1) is 0 Å². The predicted octanol–water partition coefficient (Wildman–Crippen LogP) is 11.1. The summed E-state index contributed by atoms with van der Waals surface area (Å²) >= 11 is 0. The van der Waals surface area contributed by atoms with Crippen LogP contribution in [0.2, 0.25) is 0 Å². The lowest BCUT2D eigenvalue weighted by molar-refractivity contribution is -0.154. The fourth-order valence-electron chi connectivity index (χ4n) is 5.15. The molecule has 0 aromatic carbocycles. The first-order valence-corrected chi connectivity index (χ1v) is 21.0. The standard InChI is InChI=1S/C39H74NO7P/c1-3-5-7-9-11-13-15-16-17-18-19-20-21-22-23-25-27-29-31-34-44-36-38(37-46-48(42,43)45-35-33-40)47-39(41)32-30-28-26-24-14-12-10-8-6-4-2/h8,10,13,15,17-18,38H,3-7,9,11-12,14,16,19-37,40H2,1-2H3,(H,42,43)/b10-8-,15-13-,18-17-. The second-order valence-corrected chi connectivity index (χ2v) is 14.2. The van der Waals surface area contributed by atoms with Gasteiger partial charge < -0.3 is 20.1 Å². The van der Waals surface area contributed by atoms with Gasteiger partial charge in [-0.15, -0.1) is 0 Å². The first-order chi connectivity index (χ1) is 23.4. The number of unbranched alkanes of at least 4 members (excludes halogenated alkanes) is 18. The second kappa shape index (κ2) is 37.0. The Balaban J connectivity index is 4.03. The van der Waals surface area contributed by atoms with Gasteiger partial charge in [-0.05, 0) is 64.2 Å². The highest BCUT2D eigenvalue weighted by molar-refractivity contribution is 7.47. The summed E-state index contributed by atoms with van der Waals surface area (Å²) in [5.41, 5.74) is 5.35. The highest BCUT2D eigenvalue weighted by atomic mass is 31.2. The zero-order valence-electron chi connectivity index (χ0n) is 31.0. The summed E-state index contributed by atoms with van der Waals surface area (Å²) in [6, 6.07) is 0. The first kappa shape index (κ1) is 46.7. The number of carbonyl (C=O) groups excluding carboxylic acids is 1. The van der Waals surface area contributed by atoms with Gasteiger partial charge in [0.1, 0.15) is 6.10 Å². The SMILES string of the molecule is CCC/C=C\CCCCCCCC(=O)OC(COCCCCCCCCCC/C=C\C/C=C\CCCCCC)COP(=O)(O)OCCN. The van der Waals surface area contributed by atoms with Gasteiger partial charge in [0, 0.05) is 19.6 Å². The summed E-state index contributed by atoms with van der Waals surface area (Å²) in [7, 11) is -4.27. The number of nitrogens with two attached hydrogens (primary N) is 1. The highest BCUT2D eigenvalue weighted by Crippen LogP contribution is 2.43. The molecule has 8 nitrogen and oxygen atoms in total. The molecule has 0 aromatic rings. The van der Waals surface area contributed by atoms with Crippen LogP contribution in [0.1, 0.15) is 168 Å². The fourth-order valence-corrected chi connectivity index (χ4v) is 5.91. The van der Waals surface area contributed by atoms with Crippen molar-refractivity contribution in [2.75, 3.05) is 33.0 Å². The Hall–Kier alpha value is -1.28. The van der Waals surface area contributed by atoms with Crippen LogP contribution >= 0.6 is 7.82 Å². The molecule has 0 rings (SSSR count). The van der Waals surface area contributed by atoms with Crippen molar-refractivity contribution in [1.29, 1.82) is 0 Å². The lowest BCUT2D eigenvalue weighted by Gasteiger charge is -2.20. The van der Waals surface area contributed by atoms with Gasteiger partial charge in [0.05, 0.1) is 19.8 Å². The minimum Gasteiger partial charge on any atom is -0.457 e. The minimum atomic E-state index is -4.27. The maximum absolute atomic E-state index is 12.5. The molecule has 282 valence electrons. The molecular formula is C39H74NO7P. The van der Waals surface area contributed by atoms with Gasteiger partial charge >= 0.3 is 13.8 Å². The molecule has 0 aromatic heterocycles. The molecule has 3 N–H and O–H groups in total. The van der Waals surface area contributed by atoms with Crippen molar-refractivity contribution < 1.29 is 32.8 Å². The molecule has 0 spiro atoms. The van der Waals surface area contributed by atoms with Crippen molar-refractivity contribution >= 4 is 13.8 Å². The van der Waals surface area contributed by atoms with Crippen LogP contribution in [0.5, 0.6) is 0 Å². The molecule has 0 saturated heterocycles. The van der Waals surface area contributed by atoms with Gasteiger partial charge in [0.2, 0.25) is 0 Å². The molecule has 0 heterocycles. The summed E-state index contributed by atoms with van der Waals surface area (Å²) in [5, 5.41) is 0. The van der Waals surface area contributed by atoms with Crippen molar-refractivity contribution in [2.24, 2.45) is 5.73 Å². The van der Waals surface area contributed by atoms with E-state index in [9.17, 15) is 14.3 Å². The van der Waals surface area contributed by atoms with E-state index in [0.717, 1.165) is 57.8 Å². The third kappa shape index (κ3) is 36.0. The number of ether oxygens (including phenoxy) is 2. The van der Waals surface area contributed by atoms with E-state index in [2.05, 4.69) is 50.3 Å². The molecule has 0 radical (unpaired) electrons. The van der Waals surface area contributed by atoms with E-state index in [1.165, 1.54) is 89.9 Å². The van der Waals surface area contributed by atoms with E-state index in [0.29, 0.717) is 13.0 Å². The van der Waals surface area contributed by atoms with E-state index in [1.807, 2.05) is 0 Å². The van der Waals surface area contributed by atoms with Crippen LogP contribution in [0.4, 0.5) is 0 Å². The largest absolute Gasteiger partial charge is 0.472 e. The molecule has 0 fully saturated rings. The molecule has 0 saturated carbocycles. The zero-order chi connectivity index (χ0) is 35.2. The lowest BCUT2D eigenvalue weighted by Crippen LogP contribution is -2.28. The van der Waals surface area contributed by atoms with Crippen molar-refractivity contribution in [3.05, 3.63) is 36.5 Å². The van der Waals surface area contributed by atoms with Crippen molar-refractivity contribution in [2.45, 2.75) is 174 Å². The molecule has 0 amide bonds. The van der Waals surface area contributed by atoms with Crippen LogP contribution in [-0.2, 0) is 27.9 Å². The Morgan fingerprint density at radius 1 is 0.625 bits per heavy atom. The van der Waals surface area contributed by atoms with E-state index >= 15 is 0 Å². The summed E-state index contributed by atoms with van der Waals surface area (Å²) < 4.78 is 33.3. The quantitative estimate of drug-likeness (QED) is 0.0285. The fraction of sp³-hybridized carbons (Fsp3) is 0.821. The van der Waals surface area contributed by atoms with Crippen molar-refractivity contribution in [3.63, 3.8) is 0 Å². The van der Waals surface area contributed by atoms with Crippen molar-refractivity contribution in [1.82, 2.24) is 0 Å². The van der Waals surface area contributed by atoms with Gasteiger partial charge in [-0.2, -0.15) is 0 Å². The molecule has 9 heteroatoms. The average Bonchev–Trinajstić information content (AvgIpc) is 3.07. The van der Waals surface area contributed by atoms with Gasteiger partial charge in [-0.1, -0.05) is 134 Å². The number of hydrogen-bond donors (Lipinski definition) is 2. The number of carbonyl (C=O) groups is 1. The molecule has 0 bridgehead atoms. The highest BCUT2D eigenvalue weighted by Gasteiger charge is 2.25. The lowest BCUT2D eigenvalue weighted by atomic mass is 10.1. The van der Waals surface area contributed by atoms with Gasteiger partial charge in [-0.25, -0.2) is 4.57 Å². The van der Waals surface area contributed by atoms with Crippen LogP contribution in [0.25, 0.3) is 0 Å². The van der Waals surface area contributed by atoms with Gasteiger partial charge in [0.25, 0.3) is 0 Å². The van der Waals surface area contributed by atoms with E-state index in [1.54, 1.807) is 0 Å². The molecule has 0 aliphatic carbocycles. The van der Waals surface area contributed by atoms with Gasteiger partial charge in [0.15, 0.2) is 0 Å². The number of allylic oxidation sites excluding steroid dienone is 6. The molecule has 2 unspecified atom stereocenters. The zero-order valence-corrected chi connectivity index (χ0v) is 31.9. The number of phosphoric ester groups is 1. The summed E-state index contributed by atoms with van der Waals surface area (Å²) in [4.78, 5) is 22.3. The first-order valence-electron chi connectivity index (χ1n) is 19.5. The van der Waals surface area contributed by atoms with Crippen LogP contribution in [0.3, 0.4) is 0 Å². The Labute approximate surface area is 295 Å². The average molecular weight is 700 g/mol. The van der Waals surface area contributed by atoms with Crippen molar-refractivity contribution in [3.8, 4) is 0 Å². The molecule has 2 atom stereocenters. The Bertz CT molecular complexity index is 833. The van der Waals surface area contributed by atoms with E-state index < -0.39 is 13.9 Å². The smallest absolute Gasteiger partial charge is 0.457 e. The maximum Gasteiger partial charge on any atom is 0.472 e. The Morgan fingerprint density at radius 2 is 1.15 bits per heavy atom. The number of hydrogen-bond acceptors (Lipinski definition) is 7. The van der Waals surface area contributed by atoms with Gasteiger partial charge in [-0.3, -0.25) is 13.8 Å². The normalized spacial score (nSPS) is 14.0. The minimum absolute atomic E-state index is 0.0974. The molecular weight excluding hydrogens is 625 g/mol. The maximum atomic E-state index is 12.5. The molecule has 0 aliphatic heterocycles. The Kier molecular flexibility index (Phi) is 36.0. The summed E-state index contributed by atoms with van der Waals surface area (Å²) in [6.07, 6.45) is 40.2. The summed E-state index contributed by atoms with van der Waals surface area (Å²) in [6.45, 7) is 4.81. The predicted molar refractivity (Wildman–Crippen MR) is 201 cm³/mol. The molecule has 0 aliphatic rings. The molecule has 48 heavy (non-hydrogen) atoms. The van der Waals surface area contributed by atoms with E-state index in [4.69, 9.17) is 24.3 Å². The van der Waals surface area contributed by atoms with Crippen LogP contribution < -0.4 is 5.73 Å². The number of rotatable bonds is 37. The summed E-state index contributed by atoms with van der Waals surface area (Å²) in [5.74, 6) is -0.345. The third-order valence-electron chi connectivity index (χ3n) is 8.01. The number of phosphoric acid groups is 1. The van der Waals surface area contributed by atoms with Crippen LogP contribution in [-0.4, -0.2) is 49.9 Å². The monoisotopic (exact) mass is 700 g/mol.